The Balaban J connectivity index is 0.000000124. The van der Waals surface area contributed by atoms with Crippen LogP contribution in [0.15, 0.2) is 604 Å². The van der Waals surface area contributed by atoms with Gasteiger partial charge in [0.15, 0.2) is 0 Å². The normalized spacial score (nSPS) is 10.6. The maximum atomic E-state index is 6.37. The molecule has 141 heavy (non-hydrogen) atoms. The molecule has 2 heterocycles. The quantitative estimate of drug-likeness (QED) is 0.0561. The first-order chi connectivity index (χ1) is 69.1. The second-order valence-corrected chi connectivity index (χ2v) is 44.2. The van der Waals surface area contributed by atoms with Crippen molar-refractivity contribution in [2.45, 2.75) is 0 Å². The molecule has 0 N–H and O–H groups in total. The minimum Gasteiger partial charge on any atom is -0.264 e. The number of hydrogen-bond donors (Lipinski definition) is 0. The van der Waals surface area contributed by atoms with Gasteiger partial charge in [0.05, 0.1) is 0 Å². The van der Waals surface area contributed by atoms with Crippen LogP contribution in [0.3, 0.4) is 0 Å². The maximum absolute atomic E-state index is 6.37. The Labute approximate surface area is 875 Å². The van der Waals surface area contributed by atoms with Crippen LogP contribution >= 0.6 is 86.7 Å². The summed E-state index contributed by atoms with van der Waals surface area (Å²) in [4.78, 5) is 8.59. The van der Waals surface area contributed by atoms with Crippen LogP contribution in [-0.2, 0) is 20.4 Å². The van der Waals surface area contributed by atoms with Crippen molar-refractivity contribution in [3.05, 3.63) is 614 Å². The van der Waals surface area contributed by atoms with Crippen molar-refractivity contribution >= 4 is 150 Å². The van der Waals surface area contributed by atoms with Gasteiger partial charge in [-0.3, -0.25) is 9.97 Å². The van der Waals surface area contributed by atoms with Gasteiger partial charge < -0.3 is 0 Å². The van der Waals surface area contributed by atoms with Crippen molar-refractivity contribution < 1.29 is 20.4 Å². The molecule has 0 aliphatic heterocycles. The summed E-state index contributed by atoms with van der Waals surface area (Å²) in [6.45, 7) is 0. The van der Waals surface area contributed by atoms with Gasteiger partial charge in [-0.15, -0.1) is 0 Å². The molecule has 0 unspecified atom stereocenters. The van der Waals surface area contributed by atoms with Crippen LogP contribution in [0, 0.1) is 0 Å². The van der Waals surface area contributed by atoms with Gasteiger partial charge in [-0.2, -0.15) is 0 Å². The molecule has 0 spiro atoms. The Morgan fingerprint density at radius 2 is 0.291 bits per heavy atom. The average molecular weight is 2150 g/mol. The molecule has 0 aliphatic carbocycles. The van der Waals surface area contributed by atoms with Gasteiger partial charge >= 0.3 is 0 Å². The summed E-state index contributed by atoms with van der Waals surface area (Å²) in [5.74, 6) is 0. The zero-order chi connectivity index (χ0) is 95.5. The van der Waals surface area contributed by atoms with E-state index in [9.17, 15) is 0 Å². The van der Waals surface area contributed by atoms with Crippen molar-refractivity contribution in [3.63, 3.8) is 0 Å². The fraction of sp³-hybridized carbons (Fsp3) is 0. The molecule has 0 atom stereocenters. The Morgan fingerprint density at radius 3 is 0.461 bits per heavy atom. The van der Waals surface area contributed by atoms with Gasteiger partial charge in [0.25, 0.3) is 0 Å². The number of benzene rings is 20. The Morgan fingerprint density at radius 1 is 0.142 bits per heavy atom. The largest absolute Gasteiger partial charge is 0.264 e. The van der Waals surface area contributed by atoms with Crippen LogP contribution in [0.4, 0.5) is 0 Å². The van der Waals surface area contributed by atoms with Crippen LogP contribution in [0.2, 0.25) is 10.0 Å². The minimum absolute atomic E-state index is 0. The molecule has 0 fully saturated rings. The zero-order valence-corrected chi connectivity index (χ0v) is 86.9. The predicted molar refractivity (Wildman–Crippen MR) is 618 cm³/mol. The number of aromatic nitrogens is 2. The third-order valence-electron chi connectivity index (χ3n) is 23.1. The summed E-state index contributed by atoms with van der Waals surface area (Å²) in [5.41, 5.74) is 18.2. The molecular formula is C130H98Br2Cl2N2P4Pd. The van der Waals surface area contributed by atoms with E-state index in [-0.39, 0.29) is 20.4 Å². The fourth-order valence-electron chi connectivity index (χ4n) is 16.5. The maximum Gasteiger partial charge on any atom is 0.0412 e. The van der Waals surface area contributed by atoms with E-state index in [1.807, 2.05) is 73.1 Å². The van der Waals surface area contributed by atoms with Crippen LogP contribution in [0.25, 0.3) is 89.0 Å². The molecule has 0 bridgehead atoms. The molecule has 20 aromatic carbocycles. The van der Waals surface area contributed by atoms with E-state index in [1.165, 1.54) is 85.9 Å². The summed E-state index contributed by atoms with van der Waals surface area (Å²) in [7, 11) is -1.78. The monoisotopic (exact) mass is 2140 g/mol. The van der Waals surface area contributed by atoms with E-state index in [2.05, 4.69) is 551 Å². The minimum atomic E-state index is -0.446. The van der Waals surface area contributed by atoms with E-state index < -0.39 is 31.7 Å². The number of halogens is 4. The molecule has 2 nitrogen and oxygen atoms in total. The molecule has 0 saturated heterocycles. The summed E-state index contributed by atoms with van der Waals surface area (Å²) in [5, 5.41) is 18.2. The standard InChI is InChI=1S/C34H23ClN2.C24H15Br2Cl.4C18H15P.Pd/c35-34-13-3-10-28(21-34)33-19-31(26-8-1-6-24(16-26)29-11-4-14-36-22-29)18-32(20-33)27-9-2-7-25(17-27)30-12-5-15-37-23-30;25-22-7-1-4-16(13-22)19-10-20(17-5-2-8-23(26)14-17)12-21(11-19)18-6-3-9-24(27)15-18;4*1-4-10-16(11-5-1)19(17-12-6-2-7-13-17)18-14-8-3-9-15-18;/h1-23H;1-15H;4*1-15H;. The van der Waals surface area contributed by atoms with E-state index in [0.29, 0.717) is 0 Å². The third kappa shape index (κ3) is 28.5. The van der Waals surface area contributed by atoms with Crippen molar-refractivity contribution in [3.8, 4) is 89.0 Å². The van der Waals surface area contributed by atoms with Gasteiger partial charge in [-0.05, 0) is 282 Å². The van der Waals surface area contributed by atoms with Crippen molar-refractivity contribution in [2.75, 3.05) is 0 Å². The first kappa shape index (κ1) is 101. The van der Waals surface area contributed by atoms with Gasteiger partial charge in [-0.25, -0.2) is 0 Å². The van der Waals surface area contributed by atoms with E-state index in [0.717, 1.165) is 85.8 Å². The smallest absolute Gasteiger partial charge is 0.0412 e. The van der Waals surface area contributed by atoms with E-state index >= 15 is 0 Å². The number of rotatable bonds is 20. The van der Waals surface area contributed by atoms with Crippen LogP contribution in [-0.4, -0.2) is 9.97 Å². The average Bonchev–Trinajstić information content (AvgIpc) is 0.786. The van der Waals surface area contributed by atoms with E-state index in [4.69, 9.17) is 23.2 Å². The molecular weight excluding hydrogens is 2050 g/mol. The number of nitrogens with zero attached hydrogens (tertiary/aromatic N) is 2. The molecule has 0 saturated carbocycles. The molecule has 0 aliphatic rings. The van der Waals surface area contributed by atoms with Crippen molar-refractivity contribution in [1.29, 1.82) is 0 Å². The second-order valence-electron chi connectivity index (χ2n) is 32.7. The van der Waals surface area contributed by atoms with Crippen LogP contribution in [0.1, 0.15) is 0 Å². The molecule has 0 amide bonds. The first-order valence-electron chi connectivity index (χ1n) is 46.3. The second kappa shape index (κ2) is 52.8. The molecule has 22 rings (SSSR count). The van der Waals surface area contributed by atoms with Crippen molar-refractivity contribution in [1.82, 2.24) is 9.97 Å². The molecule has 686 valence electrons. The van der Waals surface area contributed by atoms with Gasteiger partial charge in [0.1, 0.15) is 0 Å². The summed E-state index contributed by atoms with van der Waals surface area (Å²) >= 11 is 19.8. The predicted octanol–water partition coefficient (Wildman–Crippen LogP) is 32.1. The van der Waals surface area contributed by atoms with Crippen LogP contribution in [0.5, 0.6) is 0 Å². The molecule has 22 aromatic rings. The zero-order valence-electron chi connectivity index (χ0n) is 77.1. The summed E-state index contributed by atoms with van der Waals surface area (Å²) < 4.78 is 2.13. The molecule has 0 radical (unpaired) electrons. The summed E-state index contributed by atoms with van der Waals surface area (Å²) in [6.07, 6.45) is 7.40. The Hall–Kier alpha value is -13.4. The topological polar surface area (TPSA) is 25.8 Å². The first-order valence-corrected chi connectivity index (χ1v) is 54.0. The molecule has 11 heteroatoms. The number of pyridine rings is 2. The molecule has 2 aromatic heterocycles. The van der Waals surface area contributed by atoms with Gasteiger partial charge in [-0.1, -0.05) is 516 Å². The Bertz CT molecular complexity index is 6470. The SMILES string of the molecule is Clc1cccc(-c2cc(-c3cccc(-c4cccnc4)c3)cc(-c3cccc(-c4cccnc4)c3)c2)c1.Clc1cccc(-c2cc(-c3cccc(Br)c3)cc(-c3cccc(Br)c3)c2)c1.[Pd].c1ccc(P(c2ccccc2)c2ccccc2)cc1.c1ccc(P(c2ccccc2)c2ccccc2)cc1.c1ccc(P(c2ccccc2)c2ccccc2)cc1.c1ccc(P(c2ccccc2)c2ccccc2)cc1. The van der Waals surface area contributed by atoms with Gasteiger partial charge in [0.2, 0.25) is 0 Å². The van der Waals surface area contributed by atoms with Crippen LogP contribution < -0.4 is 63.7 Å². The van der Waals surface area contributed by atoms with Crippen molar-refractivity contribution in [2.24, 2.45) is 0 Å². The van der Waals surface area contributed by atoms with Gasteiger partial charge in [0, 0.05) is 75.3 Å². The fourth-order valence-corrected chi connectivity index (χ4v) is 26.9. The Kier molecular flexibility index (Phi) is 37.6. The summed E-state index contributed by atoms with van der Waals surface area (Å²) in [6, 6.07) is 201. The third-order valence-corrected chi connectivity index (χ3v) is 34.3. The number of hydrogen-bond acceptors (Lipinski definition) is 2. The van der Waals surface area contributed by atoms with E-state index in [1.54, 1.807) is 12.4 Å².